The molecular formula is C14H19N3O3. The number of aromatic nitrogens is 1. The lowest BCUT2D eigenvalue weighted by Gasteiger charge is -2.37. The molecule has 0 unspecified atom stereocenters. The quantitative estimate of drug-likeness (QED) is 0.887. The van der Waals surface area contributed by atoms with E-state index in [2.05, 4.69) is 10.3 Å². The van der Waals surface area contributed by atoms with Crippen molar-refractivity contribution in [3.63, 3.8) is 0 Å². The van der Waals surface area contributed by atoms with E-state index in [-0.39, 0.29) is 17.7 Å². The Morgan fingerprint density at radius 3 is 2.60 bits per heavy atom. The molecule has 0 aromatic carbocycles. The Bertz CT molecular complexity index is 542. The molecule has 2 aliphatic rings. The molecule has 0 radical (unpaired) electrons. The van der Waals surface area contributed by atoms with Gasteiger partial charge in [-0.25, -0.2) is 4.98 Å². The van der Waals surface area contributed by atoms with Gasteiger partial charge in [0.05, 0.1) is 11.6 Å². The first kappa shape index (κ1) is 13.1. The summed E-state index contributed by atoms with van der Waals surface area (Å²) >= 11 is 0. The predicted molar refractivity (Wildman–Crippen MR) is 71.1 cm³/mol. The van der Waals surface area contributed by atoms with E-state index in [9.17, 15) is 9.59 Å². The fourth-order valence-electron chi connectivity index (χ4n) is 2.39. The fraction of sp³-hybridized carbons (Fsp3) is 0.643. The number of rotatable bonds is 4. The molecule has 108 valence electrons. The first-order valence-corrected chi connectivity index (χ1v) is 7.05. The molecule has 1 saturated heterocycles. The lowest BCUT2D eigenvalue weighted by Crippen LogP contribution is -2.55. The SMILES string of the molecule is Cc1nc(C)c(C(=O)N2CC(C(=O)NCC3CC3)C2)o1. The molecule has 1 aliphatic heterocycles. The topological polar surface area (TPSA) is 75.4 Å². The van der Waals surface area contributed by atoms with Gasteiger partial charge in [0.1, 0.15) is 0 Å². The van der Waals surface area contributed by atoms with Gasteiger partial charge in [0.15, 0.2) is 5.89 Å². The van der Waals surface area contributed by atoms with E-state index in [0.29, 0.717) is 36.4 Å². The van der Waals surface area contributed by atoms with Crippen molar-refractivity contribution in [2.24, 2.45) is 11.8 Å². The average Bonchev–Trinajstić information content (AvgIpc) is 3.09. The minimum Gasteiger partial charge on any atom is -0.436 e. The molecule has 1 saturated carbocycles. The molecule has 0 bridgehead atoms. The Morgan fingerprint density at radius 2 is 2.05 bits per heavy atom. The molecule has 1 aromatic rings. The lowest BCUT2D eigenvalue weighted by molar-refractivity contribution is -0.129. The first-order chi connectivity index (χ1) is 9.54. The molecule has 20 heavy (non-hydrogen) atoms. The van der Waals surface area contributed by atoms with Crippen LogP contribution in [-0.2, 0) is 4.79 Å². The summed E-state index contributed by atoms with van der Waals surface area (Å²) in [4.78, 5) is 29.7. The van der Waals surface area contributed by atoms with Gasteiger partial charge in [0.25, 0.3) is 5.91 Å². The van der Waals surface area contributed by atoms with Crippen LogP contribution in [0.4, 0.5) is 0 Å². The van der Waals surface area contributed by atoms with E-state index in [1.165, 1.54) is 12.8 Å². The summed E-state index contributed by atoms with van der Waals surface area (Å²) < 4.78 is 5.31. The molecule has 0 spiro atoms. The molecule has 1 aromatic heterocycles. The fourth-order valence-corrected chi connectivity index (χ4v) is 2.39. The van der Waals surface area contributed by atoms with Crippen molar-refractivity contribution in [3.8, 4) is 0 Å². The van der Waals surface area contributed by atoms with Crippen LogP contribution in [-0.4, -0.2) is 41.3 Å². The predicted octanol–water partition coefficient (Wildman–Crippen LogP) is 0.890. The maximum Gasteiger partial charge on any atom is 0.291 e. The normalized spacial score (nSPS) is 18.8. The molecule has 2 fully saturated rings. The van der Waals surface area contributed by atoms with Gasteiger partial charge in [0, 0.05) is 26.6 Å². The number of oxazole rings is 1. The van der Waals surface area contributed by atoms with E-state index in [1.807, 2.05) is 0 Å². The summed E-state index contributed by atoms with van der Waals surface area (Å²) in [6, 6.07) is 0. The Morgan fingerprint density at radius 1 is 1.35 bits per heavy atom. The molecule has 2 amide bonds. The Labute approximate surface area is 117 Å². The lowest BCUT2D eigenvalue weighted by atomic mass is 9.98. The zero-order valence-electron chi connectivity index (χ0n) is 11.8. The van der Waals surface area contributed by atoms with Gasteiger partial charge in [-0.15, -0.1) is 0 Å². The molecule has 6 heteroatoms. The Hall–Kier alpha value is -1.85. The van der Waals surface area contributed by atoms with E-state index < -0.39 is 0 Å². The summed E-state index contributed by atoms with van der Waals surface area (Å²) in [5.74, 6) is 1.27. The van der Waals surface area contributed by atoms with Crippen molar-refractivity contribution in [1.82, 2.24) is 15.2 Å². The third-order valence-electron chi connectivity index (χ3n) is 3.90. The highest BCUT2D eigenvalue weighted by atomic mass is 16.4. The van der Waals surface area contributed by atoms with Gasteiger partial charge in [-0.3, -0.25) is 9.59 Å². The van der Waals surface area contributed by atoms with E-state index in [0.717, 1.165) is 6.54 Å². The number of hydrogen-bond donors (Lipinski definition) is 1. The summed E-state index contributed by atoms with van der Waals surface area (Å²) in [7, 11) is 0. The van der Waals surface area contributed by atoms with Gasteiger partial charge in [-0.1, -0.05) is 0 Å². The molecular weight excluding hydrogens is 258 g/mol. The van der Waals surface area contributed by atoms with Crippen molar-refractivity contribution < 1.29 is 14.0 Å². The average molecular weight is 277 g/mol. The van der Waals surface area contributed by atoms with Crippen LogP contribution in [0, 0.1) is 25.7 Å². The second-order valence-electron chi connectivity index (χ2n) is 5.74. The number of nitrogens with one attached hydrogen (secondary N) is 1. The maximum absolute atomic E-state index is 12.2. The second kappa shape index (κ2) is 4.92. The third-order valence-corrected chi connectivity index (χ3v) is 3.90. The molecule has 6 nitrogen and oxygen atoms in total. The van der Waals surface area contributed by atoms with Crippen LogP contribution in [0.5, 0.6) is 0 Å². The van der Waals surface area contributed by atoms with Gasteiger partial charge < -0.3 is 14.6 Å². The van der Waals surface area contributed by atoms with Crippen LogP contribution in [0.25, 0.3) is 0 Å². The summed E-state index contributed by atoms with van der Waals surface area (Å²) in [5, 5.41) is 2.95. The summed E-state index contributed by atoms with van der Waals surface area (Å²) in [6.07, 6.45) is 2.44. The minimum atomic E-state index is -0.172. The van der Waals surface area contributed by atoms with Crippen molar-refractivity contribution in [1.29, 1.82) is 0 Å². The van der Waals surface area contributed by atoms with Gasteiger partial charge in [-0.2, -0.15) is 0 Å². The largest absolute Gasteiger partial charge is 0.436 e. The molecule has 1 aliphatic carbocycles. The molecule has 3 rings (SSSR count). The highest BCUT2D eigenvalue weighted by Gasteiger charge is 2.38. The molecule has 0 atom stereocenters. The first-order valence-electron chi connectivity index (χ1n) is 7.05. The minimum absolute atomic E-state index is 0.0615. The summed E-state index contributed by atoms with van der Waals surface area (Å²) in [5.41, 5.74) is 0.606. The zero-order chi connectivity index (χ0) is 14.3. The van der Waals surface area contributed by atoms with E-state index >= 15 is 0 Å². The number of carbonyl (C=O) groups is 2. The van der Waals surface area contributed by atoms with Gasteiger partial charge in [0.2, 0.25) is 11.7 Å². The zero-order valence-corrected chi connectivity index (χ0v) is 11.8. The van der Waals surface area contributed by atoms with Gasteiger partial charge >= 0.3 is 0 Å². The highest BCUT2D eigenvalue weighted by molar-refractivity contribution is 5.94. The van der Waals surface area contributed by atoms with Crippen LogP contribution in [0.1, 0.15) is 35.0 Å². The van der Waals surface area contributed by atoms with Crippen LogP contribution >= 0.6 is 0 Å². The molecule has 1 N–H and O–H groups in total. The smallest absolute Gasteiger partial charge is 0.291 e. The van der Waals surface area contributed by atoms with E-state index in [4.69, 9.17) is 4.42 Å². The van der Waals surface area contributed by atoms with Crippen molar-refractivity contribution in [3.05, 3.63) is 17.3 Å². The van der Waals surface area contributed by atoms with Crippen molar-refractivity contribution in [2.75, 3.05) is 19.6 Å². The number of hydrogen-bond acceptors (Lipinski definition) is 4. The van der Waals surface area contributed by atoms with E-state index in [1.54, 1.807) is 18.7 Å². The third kappa shape index (κ3) is 2.55. The summed E-state index contributed by atoms with van der Waals surface area (Å²) in [6.45, 7) is 5.18. The number of nitrogens with zero attached hydrogens (tertiary/aromatic N) is 2. The van der Waals surface area contributed by atoms with Crippen molar-refractivity contribution >= 4 is 11.8 Å². The number of amides is 2. The second-order valence-corrected chi connectivity index (χ2v) is 5.74. The Kier molecular flexibility index (Phi) is 3.23. The highest BCUT2D eigenvalue weighted by Crippen LogP contribution is 2.28. The maximum atomic E-state index is 12.2. The van der Waals surface area contributed by atoms with Crippen LogP contribution < -0.4 is 5.32 Å². The van der Waals surface area contributed by atoms with Gasteiger partial charge in [-0.05, 0) is 25.7 Å². The van der Waals surface area contributed by atoms with Crippen molar-refractivity contribution in [2.45, 2.75) is 26.7 Å². The monoisotopic (exact) mass is 277 g/mol. The number of likely N-dealkylation sites (tertiary alicyclic amines) is 1. The number of carbonyl (C=O) groups excluding carboxylic acids is 2. The number of aryl methyl sites for hydroxylation is 2. The van der Waals surface area contributed by atoms with Crippen LogP contribution in [0.2, 0.25) is 0 Å². The van der Waals surface area contributed by atoms with Crippen LogP contribution in [0.15, 0.2) is 4.42 Å². The Balaban J connectivity index is 1.50. The van der Waals surface area contributed by atoms with Crippen LogP contribution in [0.3, 0.4) is 0 Å². The molecule has 2 heterocycles. The standard InChI is InChI=1S/C14H19N3O3/c1-8-12(20-9(2)16-8)14(19)17-6-11(7-17)13(18)15-5-10-3-4-10/h10-11H,3-7H2,1-2H3,(H,15,18).